The lowest BCUT2D eigenvalue weighted by molar-refractivity contribution is -0.131. The zero-order valence-electron chi connectivity index (χ0n) is 18.6. The second-order valence-electron chi connectivity index (χ2n) is 9.16. The van der Waals surface area contributed by atoms with Crippen molar-refractivity contribution in [2.75, 3.05) is 19.6 Å². The topological polar surface area (TPSA) is 104 Å². The van der Waals surface area contributed by atoms with E-state index in [1.54, 1.807) is 20.8 Å². The van der Waals surface area contributed by atoms with Crippen LogP contribution in [-0.2, 0) is 19.2 Å². The summed E-state index contributed by atoms with van der Waals surface area (Å²) in [5.74, 6) is -0.279. The van der Waals surface area contributed by atoms with Gasteiger partial charge in [0.2, 0.25) is 17.7 Å². The average Bonchev–Trinajstić information content (AvgIpc) is 2.68. The van der Waals surface area contributed by atoms with Crippen LogP contribution >= 0.6 is 0 Å². The largest absolute Gasteiger partial charge is 0.347 e. The lowest BCUT2D eigenvalue weighted by Gasteiger charge is -2.27. The standard InChI is InChI=1S/C22H39N3O4/c1-5-6-7-8-16-9-11-17(12-10-16)21(29)25-15-20(28)24-14-19(27)23-13-18(26)22(2,3)4/h16-17H,5-15H2,1-4H3,(H,23,27)(H,24,28)(H,25,29). The molecule has 1 aliphatic rings. The Morgan fingerprint density at radius 2 is 1.34 bits per heavy atom. The number of rotatable bonds is 11. The predicted molar refractivity (Wildman–Crippen MR) is 113 cm³/mol. The van der Waals surface area contributed by atoms with E-state index in [-0.39, 0.29) is 37.2 Å². The highest BCUT2D eigenvalue weighted by Gasteiger charge is 2.26. The Kier molecular flexibility index (Phi) is 10.9. The Labute approximate surface area is 175 Å². The van der Waals surface area contributed by atoms with Crippen LogP contribution < -0.4 is 16.0 Å². The maximum Gasteiger partial charge on any atom is 0.239 e. The van der Waals surface area contributed by atoms with Gasteiger partial charge in [0.25, 0.3) is 0 Å². The fraction of sp³-hybridized carbons (Fsp3) is 0.818. The zero-order chi connectivity index (χ0) is 21.9. The fourth-order valence-corrected chi connectivity index (χ4v) is 3.46. The SMILES string of the molecule is CCCCCC1CCC(C(=O)NCC(=O)NCC(=O)NCC(=O)C(C)(C)C)CC1. The third kappa shape index (κ3) is 10.4. The minimum atomic E-state index is -0.518. The van der Waals surface area contributed by atoms with Crippen molar-refractivity contribution < 1.29 is 19.2 Å². The third-order valence-corrected chi connectivity index (χ3v) is 5.59. The molecule has 1 saturated carbocycles. The van der Waals surface area contributed by atoms with Gasteiger partial charge in [-0.2, -0.15) is 0 Å². The molecule has 29 heavy (non-hydrogen) atoms. The van der Waals surface area contributed by atoms with Gasteiger partial charge < -0.3 is 16.0 Å². The highest BCUT2D eigenvalue weighted by molar-refractivity contribution is 5.92. The average molecular weight is 410 g/mol. The second-order valence-corrected chi connectivity index (χ2v) is 9.16. The number of unbranched alkanes of at least 4 members (excludes halogenated alkanes) is 2. The van der Waals surface area contributed by atoms with Gasteiger partial charge in [0.1, 0.15) is 0 Å². The van der Waals surface area contributed by atoms with Crippen molar-refractivity contribution in [2.24, 2.45) is 17.3 Å². The van der Waals surface area contributed by atoms with Crippen LogP contribution in [0.25, 0.3) is 0 Å². The lowest BCUT2D eigenvalue weighted by Crippen LogP contribution is -2.45. The van der Waals surface area contributed by atoms with E-state index in [4.69, 9.17) is 0 Å². The first-order valence-electron chi connectivity index (χ1n) is 11.0. The first-order valence-corrected chi connectivity index (χ1v) is 11.0. The summed E-state index contributed by atoms with van der Waals surface area (Å²) >= 11 is 0. The summed E-state index contributed by atoms with van der Waals surface area (Å²) in [6.07, 6.45) is 8.98. The molecule has 0 saturated heterocycles. The molecule has 0 atom stereocenters. The maximum absolute atomic E-state index is 12.3. The molecule has 0 aromatic heterocycles. The van der Waals surface area contributed by atoms with E-state index in [1.165, 1.54) is 25.7 Å². The number of amides is 3. The molecule has 0 aromatic rings. The van der Waals surface area contributed by atoms with Crippen LogP contribution in [0.15, 0.2) is 0 Å². The molecule has 0 radical (unpaired) electrons. The molecular weight excluding hydrogens is 370 g/mol. The number of hydrogen-bond acceptors (Lipinski definition) is 4. The van der Waals surface area contributed by atoms with E-state index in [0.29, 0.717) is 0 Å². The van der Waals surface area contributed by atoms with Crippen molar-refractivity contribution in [3.05, 3.63) is 0 Å². The number of ketones is 1. The van der Waals surface area contributed by atoms with Crippen LogP contribution in [0.1, 0.15) is 79.1 Å². The van der Waals surface area contributed by atoms with Gasteiger partial charge in [-0.25, -0.2) is 0 Å². The third-order valence-electron chi connectivity index (χ3n) is 5.59. The minimum Gasteiger partial charge on any atom is -0.347 e. The highest BCUT2D eigenvalue weighted by atomic mass is 16.2. The van der Waals surface area contributed by atoms with Crippen molar-refractivity contribution in [2.45, 2.75) is 79.1 Å². The Bertz CT molecular complexity index is 561. The van der Waals surface area contributed by atoms with Crippen molar-refractivity contribution in [3.8, 4) is 0 Å². The van der Waals surface area contributed by atoms with Crippen molar-refractivity contribution in [1.29, 1.82) is 0 Å². The summed E-state index contributed by atoms with van der Waals surface area (Å²) in [6, 6.07) is 0. The minimum absolute atomic E-state index is 0.0167. The number of nitrogens with one attached hydrogen (secondary N) is 3. The molecule has 3 N–H and O–H groups in total. The van der Waals surface area contributed by atoms with Crippen LogP contribution in [0.2, 0.25) is 0 Å². The zero-order valence-corrected chi connectivity index (χ0v) is 18.6. The number of hydrogen-bond donors (Lipinski definition) is 3. The molecule has 1 fully saturated rings. The van der Waals surface area contributed by atoms with E-state index in [9.17, 15) is 19.2 Å². The Morgan fingerprint density at radius 3 is 1.90 bits per heavy atom. The van der Waals surface area contributed by atoms with Crippen molar-refractivity contribution in [1.82, 2.24) is 16.0 Å². The summed E-state index contributed by atoms with van der Waals surface area (Å²) in [5.41, 5.74) is -0.518. The van der Waals surface area contributed by atoms with Gasteiger partial charge in [-0.3, -0.25) is 19.2 Å². The molecule has 0 aliphatic heterocycles. The fourth-order valence-electron chi connectivity index (χ4n) is 3.46. The van der Waals surface area contributed by atoms with Gasteiger partial charge in [-0.1, -0.05) is 53.4 Å². The van der Waals surface area contributed by atoms with Gasteiger partial charge in [0, 0.05) is 11.3 Å². The summed E-state index contributed by atoms with van der Waals surface area (Å²) < 4.78 is 0. The number of carbonyl (C=O) groups is 4. The van der Waals surface area contributed by atoms with Gasteiger partial charge >= 0.3 is 0 Å². The van der Waals surface area contributed by atoms with Crippen LogP contribution in [0, 0.1) is 17.3 Å². The molecule has 0 spiro atoms. The number of Topliss-reactive ketones (excluding diaryl/α,β-unsaturated/α-hetero) is 1. The van der Waals surface area contributed by atoms with E-state index in [1.807, 2.05) is 0 Å². The van der Waals surface area contributed by atoms with Crippen LogP contribution in [-0.4, -0.2) is 43.1 Å². The first kappa shape index (κ1) is 25.1. The predicted octanol–water partition coefficient (Wildman–Crippen LogP) is 2.34. The van der Waals surface area contributed by atoms with Crippen LogP contribution in [0.3, 0.4) is 0 Å². The molecule has 166 valence electrons. The molecule has 0 bridgehead atoms. The second kappa shape index (κ2) is 12.6. The monoisotopic (exact) mass is 409 g/mol. The Morgan fingerprint density at radius 1 is 0.793 bits per heavy atom. The number of carbonyl (C=O) groups excluding carboxylic acids is 4. The van der Waals surface area contributed by atoms with E-state index in [2.05, 4.69) is 22.9 Å². The molecular formula is C22H39N3O4. The quantitative estimate of drug-likeness (QED) is 0.456. The van der Waals surface area contributed by atoms with Gasteiger partial charge in [-0.15, -0.1) is 0 Å². The van der Waals surface area contributed by atoms with E-state index < -0.39 is 17.2 Å². The molecule has 0 unspecified atom stereocenters. The Hall–Kier alpha value is -1.92. The van der Waals surface area contributed by atoms with E-state index in [0.717, 1.165) is 31.6 Å². The molecule has 0 aromatic carbocycles. The normalized spacial score (nSPS) is 19.3. The van der Waals surface area contributed by atoms with Gasteiger partial charge in [0.15, 0.2) is 5.78 Å². The summed E-state index contributed by atoms with van der Waals surface area (Å²) in [4.78, 5) is 47.6. The smallest absolute Gasteiger partial charge is 0.239 e. The lowest BCUT2D eigenvalue weighted by atomic mass is 9.79. The van der Waals surface area contributed by atoms with Crippen molar-refractivity contribution in [3.63, 3.8) is 0 Å². The van der Waals surface area contributed by atoms with Crippen molar-refractivity contribution >= 4 is 23.5 Å². The highest BCUT2D eigenvalue weighted by Crippen LogP contribution is 2.32. The van der Waals surface area contributed by atoms with E-state index >= 15 is 0 Å². The molecule has 1 rings (SSSR count). The summed E-state index contributed by atoms with van der Waals surface area (Å²) in [7, 11) is 0. The first-order chi connectivity index (χ1) is 13.6. The molecule has 7 heteroatoms. The summed E-state index contributed by atoms with van der Waals surface area (Å²) in [5, 5.41) is 7.63. The van der Waals surface area contributed by atoms with Crippen LogP contribution in [0.4, 0.5) is 0 Å². The molecule has 3 amide bonds. The summed E-state index contributed by atoms with van der Waals surface area (Å²) in [6.45, 7) is 7.15. The maximum atomic E-state index is 12.3. The molecule has 7 nitrogen and oxygen atoms in total. The van der Waals surface area contributed by atoms with Gasteiger partial charge in [0.05, 0.1) is 19.6 Å². The molecule has 0 heterocycles. The van der Waals surface area contributed by atoms with Crippen LogP contribution in [0.5, 0.6) is 0 Å². The Balaban J connectivity index is 2.17. The van der Waals surface area contributed by atoms with Gasteiger partial charge in [-0.05, 0) is 31.6 Å². The molecule has 1 aliphatic carbocycles.